The van der Waals surface area contributed by atoms with Gasteiger partial charge >= 0.3 is 0 Å². The summed E-state index contributed by atoms with van der Waals surface area (Å²) < 4.78 is 14.1. The number of carbonyl (C=O) groups is 1. The molecule has 1 aliphatic heterocycles. The van der Waals surface area contributed by atoms with Gasteiger partial charge in [-0.25, -0.2) is 4.39 Å². The van der Waals surface area contributed by atoms with E-state index in [0.717, 1.165) is 47.1 Å². The molecule has 4 nitrogen and oxygen atoms in total. The van der Waals surface area contributed by atoms with E-state index in [1.54, 1.807) is 12.1 Å². The minimum absolute atomic E-state index is 0.0560. The number of rotatable bonds is 4. The summed E-state index contributed by atoms with van der Waals surface area (Å²) in [6, 6.07) is 12.8. The smallest absolute Gasteiger partial charge is 0.237 e. The number of aromatic nitrogens is 1. The Labute approximate surface area is 151 Å². The van der Waals surface area contributed by atoms with Gasteiger partial charge in [0.2, 0.25) is 5.91 Å². The molecule has 0 unspecified atom stereocenters. The molecule has 4 rings (SSSR count). The Morgan fingerprint density at radius 1 is 1.27 bits per heavy atom. The second kappa shape index (κ2) is 6.92. The SMILES string of the molecule is Cc1c(-c2ccccc2F)[nH]c2ccc(CNC(=O)[C@@H]3CCCN3)cc12. The molecule has 1 aliphatic rings. The van der Waals surface area contributed by atoms with Crippen molar-refractivity contribution in [2.24, 2.45) is 0 Å². The Bertz CT molecular complexity index is 957. The van der Waals surface area contributed by atoms with E-state index >= 15 is 0 Å². The van der Waals surface area contributed by atoms with Gasteiger partial charge < -0.3 is 15.6 Å². The van der Waals surface area contributed by atoms with E-state index in [-0.39, 0.29) is 17.8 Å². The van der Waals surface area contributed by atoms with Gasteiger partial charge in [0, 0.05) is 23.0 Å². The van der Waals surface area contributed by atoms with Crippen LogP contribution in [0.1, 0.15) is 24.0 Å². The van der Waals surface area contributed by atoms with Crippen LogP contribution >= 0.6 is 0 Å². The average molecular weight is 351 g/mol. The number of nitrogens with one attached hydrogen (secondary N) is 3. The van der Waals surface area contributed by atoms with Crippen molar-refractivity contribution in [3.05, 3.63) is 59.4 Å². The molecular weight excluding hydrogens is 329 g/mol. The minimum atomic E-state index is -0.237. The van der Waals surface area contributed by atoms with E-state index in [0.29, 0.717) is 12.1 Å². The van der Waals surface area contributed by atoms with Crippen molar-refractivity contribution in [3.8, 4) is 11.3 Å². The second-order valence-corrected chi connectivity index (χ2v) is 6.85. The molecule has 1 fully saturated rings. The lowest BCUT2D eigenvalue weighted by atomic mass is 10.0. The summed E-state index contributed by atoms with van der Waals surface area (Å²) in [5, 5.41) is 7.26. The molecule has 2 heterocycles. The Morgan fingerprint density at radius 3 is 2.88 bits per heavy atom. The highest BCUT2D eigenvalue weighted by molar-refractivity contribution is 5.91. The van der Waals surface area contributed by atoms with Crippen molar-refractivity contribution in [2.45, 2.75) is 32.4 Å². The van der Waals surface area contributed by atoms with Crippen LogP contribution in [-0.4, -0.2) is 23.5 Å². The number of hydrogen-bond donors (Lipinski definition) is 3. The van der Waals surface area contributed by atoms with Crippen LogP contribution in [0.4, 0.5) is 4.39 Å². The first-order valence-corrected chi connectivity index (χ1v) is 9.00. The first kappa shape index (κ1) is 16.8. The van der Waals surface area contributed by atoms with Crippen LogP contribution in [0.25, 0.3) is 22.2 Å². The molecule has 3 N–H and O–H groups in total. The van der Waals surface area contributed by atoms with E-state index in [9.17, 15) is 9.18 Å². The molecule has 0 saturated carbocycles. The van der Waals surface area contributed by atoms with Crippen LogP contribution in [0.3, 0.4) is 0 Å². The highest BCUT2D eigenvalue weighted by atomic mass is 19.1. The van der Waals surface area contributed by atoms with E-state index in [2.05, 4.69) is 21.7 Å². The van der Waals surface area contributed by atoms with Gasteiger partial charge in [-0.3, -0.25) is 4.79 Å². The van der Waals surface area contributed by atoms with Crippen LogP contribution in [0.2, 0.25) is 0 Å². The van der Waals surface area contributed by atoms with Gasteiger partial charge in [0.1, 0.15) is 5.82 Å². The molecule has 0 radical (unpaired) electrons. The van der Waals surface area contributed by atoms with Gasteiger partial charge in [0.05, 0.1) is 11.7 Å². The molecule has 0 aliphatic carbocycles. The van der Waals surface area contributed by atoms with Crippen LogP contribution in [0.5, 0.6) is 0 Å². The van der Waals surface area contributed by atoms with E-state index < -0.39 is 0 Å². The second-order valence-electron chi connectivity index (χ2n) is 6.85. The maximum absolute atomic E-state index is 14.1. The number of hydrogen-bond acceptors (Lipinski definition) is 2. The summed E-state index contributed by atoms with van der Waals surface area (Å²) in [6.07, 6.45) is 1.94. The summed E-state index contributed by atoms with van der Waals surface area (Å²) in [5.74, 6) is -0.181. The van der Waals surface area contributed by atoms with Crippen LogP contribution in [0, 0.1) is 12.7 Å². The van der Waals surface area contributed by atoms with Crippen molar-refractivity contribution in [2.75, 3.05) is 6.54 Å². The number of carbonyl (C=O) groups excluding carboxylic acids is 1. The summed E-state index contributed by atoms with van der Waals surface area (Å²) in [4.78, 5) is 15.5. The van der Waals surface area contributed by atoms with Crippen molar-refractivity contribution in [1.29, 1.82) is 0 Å². The molecule has 2 aromatic carbocycles. The van der Waals surface area contributed by atoms with Crippen LogP contribution < -0.4 is 10.6 Å². The lowest BCUT2D eigenvalue weighted by Gasteiger charge is -2.11. The quantitative estimate of drug-likeness (QED) is 0.672. The topological polar surface area (TPSA) is 56.9 Å². The highest BCUT2D eigenvalue weighted by Gasteiger charge is 2.21. The predicted octanol–water partition coefficient (Wildman–Crippen LogP) is 3.65. The molecule has 134 valence electrons. The standard InChI is InChI=1S/C21H22FN3O/c1-13-16-11-14(12-24-21(26)19-7-4-10-23-19)8-9-18(16)25-20(13)15-5-2-3-6-17(15)22/h2-3,5-6,8-9,11,19,23,25H,4,7,10,12H2,1H3,(H,24,26)/t19-/m0/s1. The Kier molecular flexibility index (Phi) is 4.47. The fourth-order valence-corrected chi connectivity index (χ4v) is 3.64. The van der Waals surface area contributed by atoms with Crippen molar-refractivity contribution < 1.29 is 9.18 Å². The molecule has 26 heavy (non-hydrogen) atoms. The van der Waals surface area contributed by atoms with Crippen molar-refractivity contribution in [3.63, 3.8) is 0 Å². The summed E-state index contributed by atoms with van der Waals surface area (Å²) in [5.41, 5.74) is 4.38. The fraction of sp³-hybridized carbons (Fsp3) is 0.286. The summed E-state index contributed by atoms with van der Waals surface area (Å²) >= 11 is 0. The molecule has 1 saturated heterocycles. The fourth-order valence-electron chi connectivity index (χ4n) is 3.64. The van der Waals surface area contributed by atoms with Gasteiger partial charge in [-0.2, -0.15) is 0 Å². The zero-order chi connectivity index (χ0) is 18.1. The lowest BCUT2D eigenvalue weighted by Crippen LogP contribution is -2.39. The summed E-state index contributed by atoms with van der Waals surface area (Å²) in [7, 11) is 0. The van der Waals surface area contributed by atoms with Gasteiger partial charge in [-0.05, 0) is 61.7 Å². The number of H-pyrrole nitrogens is 1. The van der Waals surface area contributed by atoms with Gasteiger partial charge in [-0.1, -0.05) is 18.2 Å². The average Bonchev–Trinajstić information content (AvgIpc) is 3.29. The molecule has 1 atom stereocenters. The number of aryl methyl sites for hydroxylation is 1. The molecule has 0 bridgehead atoms. The number of amides is 1. The minimum Gasteiger partial charge on any atom is -0.354 e. The predicted molar refractivity (Wildman–Crippen MR) is 101 cm³/mol. The number of aromatic amines is 1. The molecule has 5 heteroatoms. The highest BCUT2D eigenvalue weighted by Crippen LogP contribution is 2.31. The molecule has 3 aromatic rings. The Morgan fingerprint density at radius 2 is 2.12 bits per heavy atom. The lowest BCUT2D eigenvalue weighted by molar-refractivity contribution is -0.122. The number of halogens is 1. The number of benzene rings is 2. The van der Waals surface area contributed by atoms with E-state index in [1.165, 1.54) is 6.07 Å². The molecular formula is C21H22FN3O. The van der Waals surface area contributed by atoms with E-state index in [4.69, 9.17) is 0 Å². The van der Waals surface area contributed by atoms with E-state index in [1.807, 2.05) is 25.1 Å². The van der Waals surface area contributed by atoms with Crippen molar-refractivity contribution >= 4 is 16.8 Å². The first-order valence-electron chi connectivity index (χ1n) is 9.00. The zero-order valence-electron chi connectivity index (χ0n) is 14.7. The maximum atomic E-state index is 14.1. The third-order valence-electron chi connectivity index (χ3n) is 5.11. The number of fused-ring (bicyclic) bond motifs is 1. The zero-order valence-corrected chi connectivity index (χ0v) is 14.7. The van der Waals surface area contributed by atoms with Gasteiger partial charge in [-0.15, -0.1) is 0 Å². The third-order valence-corrected chi connectivity index (χ3v) is 5.11. The van der Waals surface area contributed by atoms with Crippen LogP contribution in [-0.2, 0) is 11.3 Å². The van der Waals surface area contributed by atoms with Crippen LogP contribution in [0.15, 0.2) is 42.5 Å². The largest absolute Gasteiger partial charge is 0.354 e. The van der Waals surface area contributed by atoms with Crippen molar-refractivity contribution in [1.82, 2.24) is 15.6 Å². The maximum Gasteiger partial charge on any atom is 0.237 e. The molecule has 1 aromatic heterocycles. The summed E-state index contributed by atoms with van der Waals surface area (Å²) in [6.45, 7) is 3.39. The normalized spacial score (nSPS) is 16.9. The molecule has 0 spiro atoms. The first-order chi connectivity index (χ1) is 12.6. The monoisotopic (exact) mass is 351 g/mol. The Balaban J connectivity index is 1.58. The Hall–Kier alpha value is -2.66. The molecule has 1 amide bonds. The third kappa shape index (κ3) is 3.10. The van der Waals surface area contributed by atoms with Gasteiger partial charge in [0.25, 0.3) is 0 Å². The van der Waals surface area contributed by atoms with Gasteiger partial charge in [0.15, 0.2) is 0 Å².